The molecule has 5 nitrogen and oxygen atoms in total. The summed E-state index contributed by atoms with van der Waals surface area (Å²) in [7, 11) is 0. The lowest BCUT2D eigenvalue weighted by Crippen LogP contribution is -2.54. The molecule has 0 saturated heterocycles. The summed E-state index contributed by atoms with van der Waals surface area (Å²) in [6.45, 7) is 0.241. The second kappa shape index (κ2) is 5.71. The van der Waals surface area contributed by atoms with Crippen molar-refractivity contribution in [3.63, 3.8) is 0 Å². The third kappa shape index (κ3) is 2.72. The third-order valence-corrected chi connectivity index (χ3v) is 3.95. The van der Waals surface area contributed by atoms with Gasteiger partial charge in [0.15, 0.2) is 11.5 Å². The fourth-order valence-electron chi connectivity index (χ4n) is 2.76. The van der Waals surface area contributed by atoms with Gasteiger partial charge in [-0.05, 0) is 25.0 Å². The molecule has 0 unspecified atom stereocenters. The monoisotopic (exact) mass is 276 g/mol. The predicted octanol–water partition coefficient (Wildman–Crippen LogP) is 1.21. The first-order chi connectivity index (χ1) is 9.74. The Hall–Kier alpha value is -1.75. The highest BCUT2D eigenvalue weighted by Gasteiger charge is 2.31. The van der Waals surface area contributed by atoms with Gasteiger partial charge in [-0.25, -0.2) is 0 Å². The van der Waals surface area contributed by atoms with Crippen molar-refractivity contribution in [3.8, 4) is 11.5 Å². The van der Waals surface area contributed by atoms with Crippen LogP contribution in [0.2, 0.25) is 0 Å². The van der Waals surface area contributed by atoms with Crippen molar-refractivity contribution in [2.75, 3.05) is 6.61 Å². The number of benzene rings is 1. The lowest BCUT2D eigenvalue weighted by molar-refractivity contribution is -0.131. The summed E-state index contributed by atoms with van der Waals surface area (Å²) in [5.41, 5.74) is 6.05. The molecule has 5 heteroatoms. The van der Waals surface area contributed by atoms with Gasteiger partial charge in [-0.1, -0.05) is 25.0 Å². The van der Waals surface area contributed by atoms with Crippen molar-refractivity contribution in [1.29, 1.82) is 0 Å². The molecule has 2 aliphatic rings. The Kier molecular flexibility index (Phi) is 3.78. The van der Waals surface area contributed by atoms with Gasteiger partial charge in [0.1, 0.15) is 6.61 Å². The fraction of sp³-hybridized carbons (Fsp3) is 0.533. The average Bonchev–Trinajstić information content (AvgIpc) is 2.49. The van der Waals surface area contributed by atoms with Gasteiger partial charge < -0.3 is 20.5 Å². The lowest BCUT2D eigenvalue weighted by atomic mass is 9.91. The summed E-state index contributed by atoms with van der Waals surface area (Å²) in [6.07, 6.45) is 3.57. The maximum atomic E-state index is 12.3. The first kappa shape index (κ1) is 13.2. The molecular formula is C15H20N2O3. The van der Waals surface area contributed by atoms with Gasteiger partial charge in [0.2, 0.25) is 6.10 Å². The number of hydrogen-bond donors (Lipinski definition) is 2. The molecule has 3 rings (SSSR count). The quantitative estimate of drug-likeness (QED) is 0.851. The number of carbonyl (C=O) groups excluding carboxylic acids is 1. The van der Waals surface area contributed by atoms with Crippen LogP contribution >= 0.6 is 0 Å². The number of para-hydroxylation sites is 2. The van der Waals surface area contributed by atoms with E-state index in [1.54, 1.807) is 6.07 Å². The van der Waals surface area contributed by atoms with Gasteiger partial charge in [-0.2, -0.15) is 0 Å². The number of ether oxygens (including phenoxy) is 2. The van der Waals surface area contributed by atoms with Crippen LogP contribution < -0.4 is 20.5 Å². The van der Waals surface area contributed by atoms with Gasteiger partial charge in [-0.15, -0.1) is 0 Å². The van der Waals surface area contributed by atoms with E-state index in [4.69, 9.17) is 15.2 Å². The van der Waals surface area contributed by atoms with E-state index in [9.17, 15) is 4.79 Å². The van der Waals surface area contributed by atoms with E-state index in [1.807, 2.05) is 18.2 Å². The molecule has 1 aliphatic carbocycles. The molecule has 1 fully saturated rings. The molecule has 108 valence electrons. The molecule has 1 amide bonds. The summed E-state index contributed by atoms with van der Waals surface area (Å²) in [5, 5.41) is 3.00. The zero-order chi connectivity index (χ0) is 13.9. The molecule has 1 saturated carbocycles. The Bertz CT molecular complexity index is 492. The van der Waals surface area contributed by atoms with E-state index in [0.717, 1.165) is 25.7 Å². The summed E-state index contributed by atoms with van der Waals surface area (Å²) in [5.74, 6) is 1.17. The number of nitrogens with two attached hydrogens (primary N) is 1. The van der Waals surface area contributed by atoms with Crippen molar-refractivity contribution in [3.05, 3.63) is 24.3 Å². The summed E-state index contributed by atoms with van der Waals surface area (Å²) in [6, 6.07) is 7.48. The summed E-state index contributed by atoms with van der Waals surface area (Å²) < 4.78 is 11.2. The van der Waals surface area contributed by atoms with E-state index < -0.39 is 6.10 Å². The number of nitrogens with one attached hydrogen (secondary N) is 1. The van der Waals surface area contributed by atoms with Crippen LogP contribution in [0.1, 0.15) is 25.7 Å². The van der Waals surface area contributed by atoms with E-state index in [1.165, 1.54) is 0 Å². The number of rotatable bonds is 2. The second-order valence-electron chi connectivity index (χ2n) is 5.43. The Labute approximate surface area is 118 Å². The Morgan fingerprint density at radius 3 is 2.75 bits per heavy atom. The van der Waals surface area contributed by atoms with Crippen LogP contribution in [0.25, 0.3) is 0 Å². The number of carbonyl (C=O) groups is 1. The predicted molar refractivity (Wildman–Crippen MR) is 74.7 cm³/mol. The van der Waals surface area contributed by atoms with Crippen LogP contribution in [0.3, 0.4) is 0 Å². The van der Waals surface area contributed by atoms with Crippen LogP contribution in [0.15, 0.2) is 24.3 Å². The zero-order valence-electron chi connectivity index (χ0n) is 11.4. The molecule has 1 aromatic rings. The fourth-order valence-corrected chi connectivity index (χ4v) is 2.76. The third-order valence-electron chi connectivity index (χ3n) is 3.95. The van der Waals surface area contributed by atoms with Crippen LogP contribution in [0.5, 0.6) is 11.5 Å². The molecule has 0 aromatic heterocycles. The van der Waals surface area contributed by atoms with E-state index in [-0.39, 0.29) is 24.6 Å². The Morgan fingerprint density at radius 1 is 1.20 bits per heavy atom. The number of hydrogen-bond acceptors (Lipinski definition) is 4. The minimum atomic E-state index is -0.598. The minimum absolute atomic E-state index is 0.0458. The second-order valence-corrected chi connectivity index (χ2v) is 5.43. The molecule has 1 heterocycles. The average molecular weight is 276 g/mol. The maximum absolute atomic E-state index is 12.3. The maximum Gasteiger partial charge on any atom is 0.264 e. The molecule has 1 aromatic carbocycles. The highest BCUT2D eigenvalue weighted by molar-refractivity contribution is 5.82. The van der Waals surface area contributed by atoms with Crippen LogP contribution in [0, 0.1) is 0 Å². The van der Waals surface area contributed by atoms with Gasteiger partial charge in [0, 0.05) is 12.1 Å². The highest BCUT2D eigenvalue weighted by atomic mass is 16.6. The first-order valence-corrected chi connectivity index (χ1v) is 7.18. The van der Waals surface area contributed by atoms with Crippen molar-refractivity contribution in [2.24, 2.45) is 5.73 Å². The van der Waals surface area contributed by atoms with Crippen molar-refractivity contribution >= 4 is 5.91 Å². The SMILES string of the molecule is N[C@H]1CCCC[C@H]1NC(=O)[C@@H]1COc2ccccc2O1. The van der Waals surface area contributed by atoms with Gasteiger partial charge in [-0.3, -0.25) is 4.79 Å². The molecular weight excluding hydrogens is 256 g/mol. The standard InChI is InChI=1S/C15H20N2O3/c16-10-5-1-2-6-11(10)17-15(18)14-9-19-12-7-3-4-8-13(12)20-14/h3-4,7-8,10-11,14H,1-2,5-6,9,16H2,(H,17,18)/t10-,11+,14-/m0/s1. The molecule has 0 spiro atoms. The topological polar surface area (TPSA) is 73.6 Å². The molecule has 3 atom stereocenters. The lowest BCUT2D eigenvalue weighted by Gasteiger charge is -2.32. The molecule has 20 heavy (non-hydrogen) atoms. The van der Waals surface area contributed by atoms with Gasteiger partial charge in [0.05, 0.1) is 0 Å². The van der Waals surface area contributed by atoms with Gasteiger partial charge in [0.25, 0.3) is 5.91 Å². The Balaban J connectivity index is 1.61. The smallest absolute Gasteiger partial charge is 0.264 e. The Morgan fingerprint density at radius 2 is 1.95 bits per heavy atom. The van der Waals surface area contributed by atoms with Crippen LogP contribution in [-0.4, -0.2) is 30.7 Å². The van der Waals surface area contributed by atoms with Crippen LogP contribution in [-0.2, 0) is 4.79 Å². The van der Waals surface area contributed by atoms with E-state index >= 15 is 0 Å². The minimum Gasteiger partial charge on any atom is -0.485 e. The van der Waals surface area contributed by atoms with Crippen molar-refractivity contribution < 1.29 is 14.3 Å². The van der Waals surface area contributed by atoms with Crippen LogP contribution in [0.4, 0.5) is 0 Å². The number of amides is 1. The van der Waals surface area contributed by atoms with Gasteiger partial charge >= 0.3 is 0 Å². The summed E-state index contributed by atoms with van der Waals surface area (Å²) >= 11 is 0. The zero-order valence-corrected chi connectivity index (χ0v) is 11.4. The molecule has 3 N–H and O–H groups in total. The normalized spacial score (nSPS) is 28.8. The largest absolute Gasteiger partial charge is 0.485 e. The first-order valence-electron chi connectivity index (χ1n) is 7.18. The highest BCUT2D eigenvalue weighted by Crippen LogP contribution is 2.31. The van der Waals surface area contributed by atoms with E-state index in [0.29, 0.717) is 11.5 Å². The van der Waals surface area contributed by atoms with E-state index in [2.05, 4.69) is 5.32 Å². The summed E-state index contributed by atoms with van der Waals surface area (Å²) in [4.78, 5) is 12.3. The molecule has 1 aliphatic heterocycles. The van der Waals surface area contributed by atoms with Crippen molar-refractivity contribution in [1.82, 2.24) is 5.32 Å². The molecule has 0 bridgehead atoms. The number of fused-ring (bicyclic) bond motifs is 1. The molecule has 0 radical (unpaired) electrons. The van der Waals surface area contributed by atoms with Crippen molar-refractivity contribution in [2.45, 2.75) is 43.9 Å².